The van der Waals surface area contributed by atoms with Gasteiger partial charge in [-0.25, -0.2) is 8.86 Å². The Kier molecular flexibility index (Phi) is 8.06. The predicted molar refractivity (Wildman–Crippen MR) is 145 cm³/mol. The van der Waals surface area contributed by atoms with Crippen molar-refractivity contribution in [3.8, 4) is 0 Å². The molecule has 0 aliphatic carbocycles. The summed E-state index contributed by atoms with van der Waals surface area (Å²) in [6.45, 7) is 21.5. The van der Waals surface area contributed by atoms with E-state index in [0.29, 0.717) is 5.69 Å². The summed E-state index contributed by atoms with van der Waals surface area (Å²) in [6, 6.07) is 0. The highest BCUT2D eigenvalue weighted by molar-refractivity contribution is 7.90. The summed E-state index contributed by atoms with van der Waals surface area (Å²) < 4.78 is 58.0. The van der Waals surface area contributed by atoms with E-state index in [9.17, 15) is 8.42 Å². The summed E-state index contributed by atoms with van der Waals surface area (Å²) in [4.78, 5) is 0. The van der Waals surface area contributed by atoms with Crippen LogP contribution in [0.5, 0.6) is 0 Å². The molecule has 1 spiro atoms. The van der Waals surface area contributed by atoms with Crippen LogP contribution in [-0.4, -0.2) is 71.6 Å². The number of nitrogens with zero attached hydrogens (tertiary/aromatic N) is 3. The van der Waals surface area contributed by atoms with Crippen molar-refractivity contribution in [2.75, 3.05) is 13.7 Å². The van der Waals surface area contributed by atoms with Crippen LogP contribution < -0.4 is 5.73 Å². The van der Waals surface area contributed by atoms with Gasteiger partial charge in [-0.15, -0.1) is 5.10 Å². The SMILES string of the molecule is COCc1cn([C@@H]2OC(CO[Si](C)(C)C(C)(C)C)C3(OS(=O)(=O)C=C3N)[C@H]2O[Si](C)(C)C(C)(C)C)nn1. The standard InChI is InChI=1S/C23H44N4O7SSi2/c1-21(2,3)36(8,9)31-14-18-23(17(24)15-35(28,29)34-23)19(33-37(10,11)22(4,5)6)20(32-18)27-12-16(13-30-7)25-26-27/h12,15,18-20H,13-14,24H2,1-11H3/t18?,19-,20+,23?/m0/s1. The normalized spacial score (nSPS) is 28.7. The number of methoxy groups -OCH3 is 1. The van der Waals surface area contributed by atoms with Crippen molar-refractivity contribution in [1.82, 2.24) is 15.0 Å². The van der Waals surface area contributed by atoms with Crippen LogP contribution in [0.2, 0.25) is 36.3 Å². The Bertz CT molecular complexity index is 1120. The van der Waals surface area contributed by atoms with Crippen molar-refractivity contribution in [2.45, 2.75) is 108 Å². The molecule has 3 rings (SSSR count). The van der Waals surface area contributed by atoms with Crippen molar-refractivity contribution >= 4 is 26.8 Å². The largest absolute Gasteiger partial charge is 0.414 e. The van der Waals surface area contributed by atoms with Gasteiger partial charge in [0.05, 0.1) is 30.5 Å². The Hall–Kier alpha value is -1.14. The number of aromatic nitrogens is 3. The topological polar surface area (TPSA) is 137 Å². The molecule has 2 aliphatic heterocycles. The van der Waals surface area contributed by atoms with Crippen LogP contribution in [0.1, 0.15) is 53.5 Å². The first-order valence-electron chi connectivity index (χ1n) is 12.5. The molecule has 0 bridgehead atoms. The maximum Gasteiger partial charge on any atom is 0.292 e. The first-order valence-corrected chi connectivity index (χ1v) is 19.8. The Labute approximate surface area is 223 Å². The zero-order valence-electron chi connectivity index (χ0n) is 24.0. The molecule has 0 saturated carbocycles. The molecule has 14 heteroatoms. The molecule has 4 atom stereocenters. The van der Waals surface area contributed by atoms with E-state index in [0.717, 1.165) is 5.41 Å². The Balaban J connectivity index is 2.13. The minimum absolute atomic E-state index is 0.0276. The number of nitrogens with two attached hydrogens (primary N) is 1. The van der Waals surface area contributed by atoms with Crippen LogP contribution >= 0.6 is 0 Å². The van der Waals surface area contributed by atoms with E-state index in [-0.39, 0.29) is 29.0 Å². The average Bonchev–Trinajstić information content (AvgIpc) is 3.35. The predicted octanol–water partition coefficient (Wildman–Crippen LogP) is 3.63. The Morgan fingerprint density at radius 2 is 1.70 bits per heavy atom. The molecule has 212 valence electrons. The highest BCUT2D eigenvalue weighted by Gasteiger charge is 2.67. The van der Waals surface area contributed by atoms with Gasteiger partial charge < -0.3 is 24.1 Å². The van der Waals surface area contributed by atoms with Gasteiger partial charge in [-0.05, 0) is 36.3 Å². The maximum atomic E-state index is 12.8. The molecule has 2 N–H and O–H groups in total. The lowest BCUT2D eigenvalue weighted by molar-refractivity contribution is -0.0595. The molecule has 0 aromatic carbocycles. The minimum Gasteiger partial charge on any atom is -0.414 e. The highest BCUT2D eigenvalue weighted by atomic mass is 32.2. The lowest BCUT2D eigenvalue weighted by Crippen LogP contribution is -2.59. The number of hydrogen-bond acceptors (Lipinski definition) is 10. The van der Waals surface area contributed by atoms with Crippen LogP contribution in [0.3, 0.4) is 0 Å². The number of hydrogen-bond donors (Lipinski definition) is 1. The van der Waals surface area contributed by atoms with E-state index in [1.807, 2.05) is 0 Å². The van der Waals surface area contributed by atoms with Gasteiger partial charge in [-0.1, -0.05) is 46.8 Å². The summed E-state index contributed by atoms with van der Waals surface area (Å²) >= 11 is 0. The van der Waals surface area contributed by atoms with E-state index in [2.05, 4.69) is 78.0 Å². The lowest BCUT2D eigenvalue weighted by atomic mass is 9.89. The van der Waals surface area contributed by atoms with Gasteiger partial charge in [0.25, 0.3) is 10.1 Å². The fourth-order valence-corrected chi connectivity index (χ4v) is 7.36. The molecule has 11 nitrogen and oxygen atoms in total. The van der Waals surface area contributed by atoms with E-state index in [4.69, 9.17) is 28.2 Å². The van der Waals surface area contributed by atoms with Gasteiger partial charge >= 0.3 is 0 Å². The summed E-state index contributed by atoms with van der Waals surface area (Å²) in [5.74, 6) is 0. The third-order valence-electron chi connectivity index (χ3n) is 8.18. The maximum absolute atomic E-state index is 12.8. The first kappa shape index (κ1) is 30.4. The van der Waals surface area contributed by atoms with Gasteiger partial charge in [0.2, 0.25) is 0 Å². The van der Waals surface area contributed by atoms with E-state index >= 15 is 0 Å². The molecule has 0 amide bonds. The highest BCUT2D eigenvalue weighted by Crippen LogP contribution is 2.52. The molecule has 1 fully saturated rings. The summed E-state index contributed by atoms with van der Waals surface area (Å²) in [7, 11) is -7.24. The fraction of sp³-hybridized carbons (Fsp3) is 0.826. The number of ether oxygens (including phenoxy) is 2. The van der Waals surface area contributed by atoms with Crippen LogP contribution in [0, 0.1) is 0 Å². The van der Waals surface area contributed by atoms with Crippen LogP contribution in [0.4, 0.5) is 0 Å². The molecular weight excluding hydrogens is 533 g/mol. The number of rotatable bonds is 8. The smallest absolute Gasteiger partial charge is 0.292 e. The molecule has 0 radical (unpaired) electrons. The third-order valence-corrected chi connectivity index (χ3v) is 18.2. The fourth-order valence-electron chi connectivity index (χ4n) is 3.86. The van der Waals surface area contributed by atoms with Crippen molar-refractivity contribution in [3.63, 3.8) is 0 Å². The second-order valence-corrected chi connectivity index (χ2v) is 23.9. The lowest BCUT2D eigenvalue weighted by Gasteiger charge is -2.43. The van der Waals surface area contributed by atoms with E-state index in [1.54, 1.807) is 13.3 Å². The molecular formula is C23H44N4O7SSi2. The van der Waals surface area contributed by atoms with Crippen molar-refractivity contribution in [1.29, 1.82) is 0 Å². The zero-order valence-corrected chi connectivity index (χ0v) is 26.8. The summed E-state index contributed by atoms with van der Waals surface area (Å²) in [5, 5.41) is 9.13. The van der Waals surface area contributed by atoms with Gasteiger partial charge in [0, 0.05) is 7.11 Å². The van der Waals surface area contributed by atoms with Gasteiger partial charge in [0.15, 0.2) is 28.5 Å². The van der Waals surface area contributed by atoms with Crippen molar-refractivity contribution < 1.29 is 30.9 Å². The monoisotopic (exact) mass is 576 g/mol. The van der Waals surface area contributed by atoms with Crippen LogP contribution in [0.25, 0.3) is 0 Å². The molecule has 1 aromatic heterocycles. The van der Waals surface area contributed by atoms with Gasteiger partial charge in [0.1, 0.15) is 17.9 Å². The van der Waals surface area contributed by atoms with E-state index < -0.39 is 50.8 Å². The van der Waals surface area contributed by atoms with Crippen molar-refractivity contribution in [2.24, 2.45) is 5.73 Å². The molecule has 2 unspecified atom stereocenters. The zero-order chi connectivity index (χ0) is 28.2. The quantitative estimate of drug-likeness (QED) is 0.361. The first-order chi connectivity index (χ1) is 16.7. The van der Waals surface area contributed by atoms with Crippen LogP contribution in [-0.2, 0) is 39.2 Å². The average molecular weight is 577 g/mol. The molecule has 3 heterocycles. The second-order valence-electron chi connectivity index (χ2n) is 13.0. The van der Waals surface area contributed by atoms with Crippen LogP contribution in [0.15, 0.2) is 17.3 Å². The molecule has 1 saturated heterocycles. The molecule has 1 aromatic rings. The Morgan fingerprint density at radius 1 is 1.11 bits per heavy atom. The second kappa shape index (κ2) is 9.80. The molecule has 37 heavy (non-hydrogen) atoms. The molecule has 2 aliphatic rings. The third kappa shape index (κ3) is 5.76. The van der Waals surface area contributed by atoms with E-state index in [1.165, 1.54) is 4.68 Å². The summed E-state index contributed by atoms with van der Waals surface area (Å²) in [6.07, 6.45) is -0.956. The van der Waals surface area contributed by atoms with Crippen molar-refractivity contribution in [3.05, 3.63) is 23.0 Å². The van der Waals surface area contributed by atoms with Gasteiger partial charge in [-0.2, -0.15) is 8.42 Å². The summed E-state index contributed by atoms with van der Waals surface area (Å²) in [5.41, 5.74) is 5.49. The van der Waals surface area contributed by atoms with Gasteiger partial charge in [-0.3, -0.25) is 0 Å². The minimum atomic E-state index is -4.08. The Morgan fingerprint density at radius 3 is 2.19 bits per heavy atom.